The number of fused-ring (bicyclic) bond motifs is 9. The van der Waals surface area contributed by atoms with Crippen molar-refractivity contribution in [3.63, 3.8) is 0 Å². The smallest absolute Gasteiger partial charge is 0.159 e. The molecule has 0 aliphatic heterocycles. The van der Waals surface area contributed by atoms with E-state index in [9.17, 15) is 0 Å². The first-order valence-corrected chi connectivity index (χ1v) is 18.5. The zero-order chi connectivity index (χ0) is 35.6. The lowest BCUT2D eigenvalue weighted by Gasteiger charge is -2.26. The molecule has 0 bridgehead atoms. The molecule has 0 saturated heterocycles. The van der Waals surface area contributed by atoms with Gasteiger partial charge in [-0.3, -0.25) is 0 Å². The van der Waals surface area contributed by atoms with Gasteiger partial charge in [0.25, 0.3) is 0 Å². The van der Waals surface area contributed by atoms with E-state index in [0.29, 0.717) is 0 Å². The second-order valence-corrected chi connectivity index (χ2v) is 14.1. The summed E-state index contributed by atoms with van der Waals surface area (Å²) in [5.74, 6) is 0. The van der Waals surface area contributed by atoms with Gasteiger partial charge in [-0.05, 0) is 114 Å². The number of benzene rings is 10. The molecular weight excluding hydrogens is 655 g/mol. The van der Waals surface area contributed by atoms with Gasteiger partial charge in [-0.25, -0.2) is 0 Å². The van der Waals surface area contributed by atoms with Gasteiger partial charge in [0, 0.05) is 22.1 Å². The highest BCUT2D eigenvalue weighted by molar-refractivity contribution is 6.14. The minimum absolute atomic E-state index is 0.867. The van der Waals surface area contributed by atoms with E-state index in [1.807, 2.05) is 6.07 Å². The molecule has 0 fully saturated rings. The third kappa shape index (κ3) is 4.88. The van der Waals surface area contributed by atoms with Gasteiger partial charge < -0.3 is 9.32 Å². The lowest BCUT2D eigenvalue weighted by atomic mass is 9.93. The standard InChI is InChI=1S/C52H33NO/c1-3-15-42-34(11-1)23-24-35-25-26-38(32-48(35)42)37-13-9-14-41(31-37)53(50-21-10-20-47-46-19-7-8-22-51(46)54-52(47)50)40-29-27-36(28-30-40)49-33-39-12-2-4-16-43(39)44-17-5-6-18-45(44)49/h1-33H. The normalized spacial score (nSPS) is 11.7. The number of rotatable bonds is 5. The van der Waals surface area contributed by atoms with Gasteiger partial charge in [0.1, 0.15) is 5.58 Å². The Balaban J connectivity index is 1.09. The number of hydrogen-bond donors (Lipinski definition) is 0. The van der Waals surface area contributed by atoms with Crippen LogP contribution in [0.2, 0.25) is 0 Å². The summed E-state index contributed by atoms with van der Waals surface area (Å²) in [6, 6.07) is 72.3. The van der Waals surface area contributed by atoms with E-state index in [2.05, 4.69) is 199 Å². The molecule has 252 valence electrons. The summed E-state index contributed by atoms with van der Waals surface area (Å²) in [5, 5.41) is 12.3. The van der Waals surface area contributed by atoms with Crippen molar-refractivity contribution in [2.45, 2.75) is 0 Å². The van der Waals surface area contributed by atoms with Gasteiger partial charge in [-0.1, -0.05) is 152 Å². The molecule has 0 unspecified atom stereocenters. The molecule has 1 heterocycles. The Labute approximate surface area is 312 Å². The fourth-order valence-electron chi connectivity index (χ4n) is 8.42. The van der Waals surface area contributed by atoms with Crippen LogP contribution in [0, 0.1) is 0 Å². The van der Waals surface area contributed by atoms with Crippen molar-refractivity contribution in [3.8, 4) is 22.3 Å². The molecule has 2 nitrogen and oxygen atoms in total. The Morgan fingerprint density at radius 1 is 0.315 bits per heavy atom. The van der Waals surface area contributed by atoms with Crippen LogP contribution < -0.4 is 4.90 Å². The summed E-state index contributed by atoms with van der Waals surface area (Å²) in [6.07, 6.45) is 0. The van der Waals surface area contributed by atoms with Crippen LogP contribution in [0.5, 0.6) is 0 Å². The van der Waals surface area contributed by atoms with Crippen LogP contribution in [0.3, 0.4) is 0 Å². The van der Waals surface area contributed by atoms with Crippen LogP contribution in [0.4, 0.5) is 17.1 Å². The Morgan fingerprint density at radius 2 is 0.907 bits per heavy atom. The average Bonchev–Trinajstić information content (AvgIpc) is 3.63. The summed E-state index contributed by atoms with van der Waals surface area (Å²) in [4.78, 5) is 2.34. The zero-order valence-corrected chi connectivity index (χ0v) is 29.4. The fraction of sp³-hybridized carbons (Fsp3) is 0. The molecule has 1 aromatic heterocycles. The fourth-order valence-corrected chi connectivity index (χ4v) is 8.42. The number of anilines is 3. The van der Waals surface area contributed by atoms with Crippen molar-refractivity contribution >= 4 is 82.1 Å². The molecule has 0 saturated carbocycles. The largest absolute Gasteiger partial charge is 0.454 e. The Kier molecular flexibility index (Phi) is 6.90. The number of furan rings is 1. The number of para-hydroxylation sites is 2. The van der Waals surface area contributed by atoms with Gasteiger partial charge in [-0.15, -0.1) is 0 Å². The Hall–Kier alpha value is -7.16. The first-order valence-electron chi connectivity index (χ1n) is 18.5. The van der Waals surface area contributed by atoms with Gasteiger partial charge >= 0.3 is 0 Å². The number of nitrogens with zero attached hydrogens (tertiary/aromatic N) is 1. The van der Waals surface area contributed by atoms with E-state index in [1.54, 1.807) is 0 Å². The SMILES string of the molecule is c1cc(-c2ccc3ccc4ccccc4c3c2)cc(N(c2ccc(-c3cc4ccccc4c4ccccc34)cc2)c2cccc3c2oc2ccccc23)c1. The first kappa shape index (κ1) is 30.5. The lowest BCUT2D eigenvalue weighted by molar-refractivity contribution is 0.669. The molecule has 0 aliphatic carbocycles. The maximum Gasteiger partial charge on any atom is 0.159 e. The molecular formula is C52H33NO. The molecule has 0 atom stereocenters. The first-order chi connectivity index (χ1) is 26.8. The summed E-state index contributed by atoms with van der Waals surface area (Å²) in [5.41, 5.74) is 9.60. The van der Waals surface area contributed by atoms with Crippen molar-refractivity contribution in [2.75, 3.05) is 4.90 Å². The van der Waals surface area contributed by atoms with Crippen LogP contribution in [0.1, 0.15) is 0 Å². The summed E-state index contributed by atoms with van der Waals surface area (Å²) < 4.78 is 6.65. The summed E-state index contributed by atoms with van der Waals surface area (Å²) in [7, 11) is 0. The molecule has 0 radical (unpaired) electrons. The van der Waals surface area contributed by atoms with Crippen LogP contribution in [-0.4, -0.2) is 0 Å². The third-order valence-corrected chi connectivity index (χ3v) is 11.0. The maximum atomic E-state index is 6.65. The van der Waals surface area contributed by atoms with E-state index >= 15 is 0 Å². The van der Waals surface area contributed by atoms with Crippen LogP contribution >= 0.6 is 0 Å². The Bertz CT molecular complexity index is 3230. The summed E-state index contributed by atoms with van der Waals surface area (Å²) >= 11 is 0. The molecule has 11 aromatic rings. The molecule has 0 N–H and O–H groups in total. The van der Waals surface area contributed by atoms with Gasteiger partial charge in [0.05, 0.1) is 5.69 Å². The van der Waals surface area contributed by atoms with Crippen molar-refractivity contribution in [3.05, 3.63) is 200 Å². The van der Waals surface area contributed by atoms with E-state index in [4.69, 9.17) is 4.42 Å². The topological polar surface area (TPSA) is 16.4 Å². The van der Waals surface area contributed by atoms with E-state index in [-0.39, 0.29) is 0 Å². The summed E-state index contributed by atoms with van der Waals surface area (Å²) in [6.45, 7) is 0. The van der Waals surface area contributed by atoms with Crippen molar-refractivity contribution in [1.82, 2.24) is 0 Å². The highest BCUT2D eigenvalue weighted by Crippen LogP contribution is 2.44. The predicted octanol–water partition coefficient (Wildman–Crippen LogP) is 15.0. The second-order valence-electron chi connectivity index (χ2n) is 14.1. The van der Waals surface area contributed by atoms with Crippen LogP contribution in [-0.2, 0) is 0 Å². The van der Waals surface area contributed by atoms with Crippen LogP contribution in [0.25, 0.3) is 87.3 Å². The highest BCUT2D eigenvalue weighted by Gasteiger charge is 2.20. The van der Waals surface area contributed by atoms with Crippen molar-refractivity contribution in [2.24, 2.45) is 0 Å². The molecule has 54 heavy (non-hydrogen) atoms. The van der Waals surface area contributed by atoms with Gasteiger partial charge in [0.15, 0.2) is 5.58 Å². The molecule has 0 amide bonds. The molecule has 2 heteroatoms. The quantitative estimate of drug-likeness (QED) is 0.168. The maximum absolute atomic E-state index is 6.65. The lowest BCUT2D eigenvalue weighted by Crippen LogP contribution is -2.10. The molecule has 11 rings (SSSR count). The second kappa shape index (κ2) is 12.2. The predicted molar refractivity (Wildman–Crippen MR) is 229 cm³/mol. The minimum atomic E-state index is 0.867. The molecule has 0 spiro atoms. The van der Waals surface area contributed by atoms with E-state index in [1.165, 1.54) is 59.8 Å². The van der Waals surface area contributed by atoms with Crippen molar-refractivity contribution < 1.29 is 4.42 Å². The average molecular weight is 688 g/mol. The van der Waals surface area contributed by atoms with E-state index in [0.717, 1.165) is 44.6 Å². The van der Waals surface area contributed by atoms with E-state index < -0.39 is 0 Å². The van der Waals surface area contributed by atoms with Gasteiger partial charge in [0.2, 0.25) is 0 Å². The van der Waals surface area contributed by atoms with Crippen LogP contribution in [0.15, 0.2) is 205 Å². The minimum Gasteiger partial charge on any atom is -0.454 e. The number of hydrogen-bond acceptors (Lipinski definition) is 2. The molecule has 0 aliphatic rings. The van der Waals surface area contributed by atoms with Crippen molar-refractivity contribution in [1.29, 1.82) is 0 Å². The molecule has 10 aromatic carbocycles. The van der Waals surface area contributed by atoms with Gasteiger partial charge in [-0.2, -0.15) is 0 Å². The Morgan fingerprint density at radius 3 is 1.74 bits per heavy atom. The zero-order valence-electron chi connectivity index (χ0n) is 29.4. The third-order valence-electron chi connectivity index (χ3n) is 11.0. The monoisotopic (exact) mass is 687 g/mol. The highest BCUT2D eigenvalue weighted by atomic mass is 16.3.